The number of ketones is 1. The van der Waals surface area contributed by atoms with Crippen molar-refractivity contribution in [2.45, 2.75) is 39.1 Å². The zero-order valence-corrected chi connectivity index (χ0v) is 27.7. The number of nitrogens with zero attached hydrogens (tertiary/aromatic N) is 3. The predicted octanol–water partition coefficient (Wildman–Crippen LogP) is 6.98. The monoisotopic (exact) mass is 677 g/mol. The van der Waals surface area contributed by atoms with Crippen LogP contribution in [-0.2, 0) is 33.3 Å². The van der Waals surface area contributed by atoms with Crippen molar-refractivity contribution in [1.29, 1.82) is 0 Å². The molecule has 4 aromatic rings. The summed E-state index contributed by atoms with van der Waals surface area (Å²) in [6.07, 6.45) is 0. The summed E-state index contributed by atoms with van der Waals surface area (Å²) in [5.41, 5.74) is 1.87. The topological polar surface area (TPSA) is 108 Å². The van der Waals surface area contributed by atoms with Gasteiger partial charge >= 0.3 is 10.1 Å². The summed E-state index contributed by atoms with van der Waals surface area (Å²) in [4.78, 5) is 30.3. The van der Waals surface area contributed by atoms with Gasteiger partial charge in [0.15, 0.2) is 0 Å². The molecule has 1 aliphatic rings. The zero-order chi connectivity index (χ0) is 32.4. The van der Waals surface area contributed by atoms with Crippen molar-refractivity contribution in [2.24, 2.45) is 12.5 Å². The number of halogens is 3. The van der Waals surface area contributed by atoms with Crippen LogP contribution in [-0.4, -0.2) is 41.6 Å². The van der Waals surface area contributed by atoms with Crippen LogP contribution in [0.15, 0.2) is 71.6 Å². The molecule has 0 N–H and O–H groups in total. The molecule has 0 unspecified atom stereocenters. The Kier molecular flexibility index (Phi) is 10.1. The quantitative estimate of drug-likeness (QED) is 0.153. The van der Waals surface area contributed by atoms with Crippen LogP contribution >= 0.6 is 34.8 Å². The minimum atomic E-state index is -4.16. The van der Waals surface area contributed by atoms with E-state index >= 15 is 0 Å². The minimum absolute atomic E-state index is 0.00687. The van der Waals surface area contributed by atoms with Gasteiger partial charge in [-0.15, -0.1) is 0 Å². The normalized spacial score (nSPS) is 14.3. The first-order valence-electron chi connectivity index (χ1n) is 13.3. The summed E-state index contributed by atoms with van der Waals surface area (Å²) in [5, 5.41) is 6.70. The molecule has 13 heteroatoms. The number of hydrogen-bond donors (Lipinski definition) is 0. The van der Waals surface area contributed by atoms with Crippen molar-refractivity contribution in [1.82, 2.24) is 14.8 Å². The van der Waals surface area contributed by atoms with Crippen LogP contribution < -0.4 is 4.18 Å². The lowest BCUT2D eigenvalue weighted by atomic mass is 9.95. The molecule has 0 radical (unpaired) electrons. The molecule has 1 aliphatic heterocycles. The summed E-state index contributed by atoms with van der Waals surface area (Å²) in [5.74, 6) is -0.692. The maximum Gasteiger partial charge on any atom is 0.340 e. The second kappa shape index (κ2) is 13.3. The van der Waals surface area contributed by atoms with Gasteiger partial charge in [-0.25, -0.2) is 9.75 Å². The molecule has 5 rings (SSSR count). The van der Waals surface area contributed by atoms with E-state index in [9.17, 15) is 18.0 Å². The molecule has 2 heterocycles. The molecule has 1 fully saturated rings. The summed E-state index contributed by atoms with van der Waals surface area (Å²) in [6.45, 7) is 8.01. The van der Waals surface area contributed by atoms with Gasteiger partial charge in [0.05, 0.1) is 29.3 Å². The maximum absolute atomic E-state index is 13.0. The Bertz CT molecular complexity index is 1820. The van der Waals surface area contributed by atoms with Gasteiger partial charge in [0.25, 0.3) is 5.91 Å². The summed E-state index contributed by atoms with van der Waals surface area (Å²) < 4.78 is 31.9. The first kappa shape index (κ1) is 33.5. The minimum Gasteiger partial charge on any atom is -0.358 e. The Balaban J connectivity index is 0.000000233. The van der Waals surface area contributed by atoms with Gasteiger partial charge in [0.1, 0.15) is 10.5 Å². The fourth-order valence-corrected chi connectivity index (χ4v) is 5.91. The SMILES string of the molecule is CC1(C)CON(Cc2ccccc2Cl)C1=O.Cc1ccc(S(=O)(=O)Oc2c(C(=O)c3ccc(Cl)cc3Cl)c(C)nn2C)cc1. The highest BCUT2D eigenvalue weighted by Crippen LogP contribution is 2.31. The molecular weight excluding hydrogens is 649 g/mol. The zero-order valence-electron chi connectivity index (χ0n) is 24.6. The van der Waals surface area contributed by atoms with Crippen LogP contribution in [0, 0.1) is 19.3 Å². The standard InChI is InChI=1S/C19H16Cl2N2O4S.C12H14ClNO2/c1-11-4-7-14(8-5-11)28(25,26)27-19-17(12(2)22-23(19)3)18(24)15-9-6-13(20)10-16(15)21;1-12(2)8-16-14(11(12)15)7-9-5-3-4-6-10(9)13/h4-10H,1-3H3;3-6H,7-8H2,1-2H3. The van der Waals surface area contributed by atoms with Crippen LogP contribution in [0.25, 0.3) is 0 Å². The van der Waals surface area contributed by atoms with Crippen molar-refractivity contribution < 1.29 is 27.0 Å². The second-order valence-electron chi connectivity index (χ2n) is 10.8. The van der Waals surface area contributed by atoms with Crippen molar-refractivity contribution in [3.8, 4) is 5.88 Å². The number of rotatable bonds is 7. The molecule has 44 heavy (non-hydrogen) atoms. The van der Waals surface area contributed by atoms with Gasteiger partial charge < -0.3 is 4.18 Å². The molecular formula is C31H30Cl3N3O6S. The third kappa shape index (κ3) is 7.44. The Labute approximate surface area is 271 Å². The molecule has 1 amide bonds. The first-order valence-corrected chi connectivity index (χ1v) is 15.9. The molecule has 0 saturated carbocycles. The lowest BCUT2D eigenvalue weighted by Gasteiger charge is -2.16. The van der Waals surface area contributed by atoms with Gasteiger partial charge in [-0.1, -0.05) is 70.7 Å². The van der Waals surface area contributed by atoms with E-state index in [0.717, 1.165) is 11.1 Å². The van der Waals surface area contributed by atoms with Crippen molar-refractivity contribution in [2.75, 3.05) is 6.61 Å². The van der Waals surface area contributed by atoms with E-state index in [-0.39, 0.29) is 32.8 Å². The number of hydrogen-bond acceptors (Lipinski definition) is 7. The van der Waals surface area contributed by atoms with Crippen LogP contribution in [0.1, 0.15) is 46.6 Å². The van der Waals surface area contributed by atoms with Gasteiger partial charge in [-0.05, 0) is 69.7 Å². The average molecular weight is 679 g/mol. The highest BCUT2D eigenvalue weighted by atomic mass is 35.5. The van der Waals surface area contributed by atoms with Crippen LogP contribution in [0.4, 0.5) is 0 Å². The number of hydroxylamine groups is 2. The van der Waals surface area contributed by atoms with E-state index in [2.05, 4.69) is 5.10 Å². The Morgan fingerprint density at radius 3 is 2.25 bits per heavy atom. The van der Waals surface area contributed by atoms with Gasteiger partial charge in [-0.2, -0.15) is 13.5 Å². The number of carbonyl (C=O) groups excluding carboxylic acids is 2. The maximum atomic E-state index is 13.0. The number of aryl methyl sites for hydroxylation is 3. The van der Waals surface area contributed by atoms with Crippen molar-refractivity contribution in [3.05, 3.63) is 110 Å². The molecule has 0 spiro atoms. The van der Waals surface area contributed by atoms with E-state index in [0.29, 0.717) is 28.9 Å². The highest BCUT2D eigenvalue weighted by molar-refractivity contribution is 7.87. The van der Waals surface area contributed by atoms with E-state index in [1.165, 1.54) is 47.1 Å². The smallest absolute Gasteiger partial charge is 0.340 e. The Morgan fingerprint density at radius 1 is 1.00 bits per heavy atom. The van der Waals surface area contributed by atoms with E-state index in [1.807, 2.05) is 45.0 Å². The van der Waals surface area contributed by atoms with Gasteiger partial charge in [0.2, 0.25) is 11.7 Å². The number of carbonyl (C=O) groups is 2. The lowest BCUT2D eigenvalue weighted by molar-refractivity contribution is -0.165. The summed E-state index contributed by atoms with van der Waals surface area (Å²) >= 11 is 18.1. The molecule has 1 aromatic heterocycles. The molecule has 9 nitrogen and oxygen atoms in total. The van der Waals surface area contributed by atoms with Crippen molar-refractivity contribution >= 4 is 56.6 Å². The third-order valence-electron chi connectivity index (χ3n) is 6.73. The largest absolute Gasteiger partial charge is 0.358 e. The number of benzene rings is 3. The Morgan fingerprint density at radius 2 is 1.66 bits per heavy atom. The van der Waals surface area contributed by atoms with Crippen LogP contribution in [0.5, 0.6) is 5.88 Å². The average Bonchev–Trinajstić information content (AvgIpc) is 3.37. The molecule has 0 atom stereocenters. The molecule has 0 aliphatic carbocycles. The second-order valence-corrected chi connectivity index (χ2v) is 13.6. The summed E-state index contributed by atoms with van der Waals surface area (Å²) in [7, 11) is -2.67. The number of aromatic nitrogens is 2. The number of amides is 1. The van der Waals surface area contributed by atoms with E-state index in [4.69, 9.17) is 43.8 Å². The fraction of sp³-hybridized carbons (Fsp3) is 0.258. The lowest BCUT2D eigenvalue weighted by Crippen LogP contribution is -2.30. The van der Waals surface area contributed by atoms with Crippen molar-refractivity contribution in [3.63, 3.8) is 0 Å². The molecule has 232 valence electrons. The molecule has 3 aromatic carbocycles. The van der Waals surface area contributed by atoms with E-state index < -0.39 is 21.3 Å². The predicted molar refractivity (Wildman–Crippen MR) is 169 cm³/mol. The third-order valence-corrected chi connectivity index (χ3v) is 8.87. The first-order chi connectivity index (χ1) is 20.6. The van der Waals surface area contributed by atoms with Crippen LogP contribution in [0.2, 0.25) is 15.1 Å². The Hall–Kier alpha value is -3.41. The van der Waals surface area contributed by atoms with E-state index in [1.54, 1.807) is 19.1 Å². The summed E-state index contributed by atoms with van der Waals surface area (Å²) in [6, 6.07) is 18.1. The molecule has 0 bridgehead atoms. The van der Waals surface area contributed by atoms with Gasteiger partial charge in [-0.3, -0.25) is 14.4 Å². The van der Waals surface area contributed by atoms with Gasteiger partial charge in [0, 0.05) is 22.7 Å². The highest BCUT2D eigenvalue weighted by Gasteiger charge is 2.40. The molecule has 1 saturated heterocycles. The van der Waals surface area contributed by atoms with Crippen LogP contribution in [0.3, 0.4) is 0 Å². The fourth-order valence-electron chi connectivity index (χ4n) is 4.26.